The predicted octanol–water partition coefficient (Wildman–Crippen LogP) is 2.52. The van der Waals surface area contributed by atoms with Gasteiger partial charge in [-0.3, -0.25) is 4.79 Å². The number of carbonyl (C=O) groups excluding carboxylic acids is 1. The molecular formula is C15H24ClN3O. The van der Waals surface area contributed by atoms with Crippen molar-refractivity contribution in [2.45, 2.75) is 19.8 Å². The van der Waals surface area contributed by atoms with Gasteiger partial charge < -0.3 is 15.5 Å². The van der Waals surface area contributed by atoms with Crippen LogP contribution in [0.4, 0.5) is 5.69 Å². The van der Waals surface area contributed by atoms with E-state index in [1.165, 1.54) is 0 Å². The zero-order valence-corrected chi connectivity index (χ0v) is 13.3. The summed E-state index contributed by atoms with van der Waals surface area (Å²) in [5, 5.41) is 6.64. The average Bonchev–Trinajstić information content (AvgIpc) is 2.37. The van der Waals surface area contributed by atoms with Crippen molar-refractivity contribution >= 4 is 23.2 Å². The number of unbranched alkanes of at least 4 members (excludes halogenated alkanes) is 1. The van der Waals surface area contributed by atoms with Gasteiger partial charge in [0.25, 0.3) is 0 Å². The Morgan fingerprint density at radius 2 is 2.05 bits per heavy atom. The van der Waals surface area contributed by atoms with E-state index in [0.29, 0.717) is 11.6 Å². The van der Waals surface area contributed by atoms with Crippen LogP contribution in [0.5, 0.6) is 0 Å². The van der Waals surface area contributed by atoms with Gasteiger partial charge in [-0.2, -0.15) is 0 Å². The third-order valence-electron chi connectivity index (χ3n) is 2.97. The molecule has 0 aliphatic heterocycles. The molecule has 0 unspecified atom stereocenters. The number of nitrogens with one attached hydrogen (secondary N) is 2. The minimum atomic E-state index is -0.0389. The number of halogens is 1. The van der Waals surface area contributed by atoms with Crippen LogP contribution >= 0.6 is 11.6 Å². The van der Waals surface area contributed by atoms with Gasteiger partial charge >= 0.3 is 0 Å². The summed E-state index contributed by atoms with van der Waals surface area (Å²) in [6, 6.07) is 5.48. The van der Waals surface area contributed by atoms with E-state index in [0.717, 1.165) is 37.2 Å². The van der Waals surface area contributed by atoms with Crippen LogP contribution in [0.25, 0.3) is 0 Å². The molecule has 0 heterocycles. The van der Waals surface area contributed by atoms with E-state index in [1.807, 2.05) is 19.1 Å². The fraction of sp³-hybridized carbons (Fsp3) is 0.533. The summed E-state index contributed by atoms with van der Waals surface area (Å²) in [5.74, 6) is -0.0389. The third kappa shape index (κ3) is 6.89. The number of amides is 1. The van der Waals surface area contributed by atoms with Gasteiger partial charge in [0.1, 0.15) is 0 Å². The predicted molar refractivity (Wildman–Crippen MR) is 85.5 cm³/mol. The Morgan fingerprint density at radius 3 is 2.75 bits per heavy atom. The topological polar surface area (TPSA) is 44.4 Å². The highest BCUT2D eigenvalue weighted by atomic mass is 35.5. The van der Waals surface area contributed by atoms with Gasteiger partial charge in [-0.05, 0) is 64.6 Å². The monoisotopic (exact) mass is 297 g/mol. The second-order valence-corrected chi connectivity index (χ2v) is 5.63. The van der Waals surface area contributed by atoms with Crippen LogP contribution in [0, 0.1) is 6.92 Å². The Morgan fingerprint density at radius 1 is 1.30 bits per heavy atom. The lowest BCUT2D eigenvalue weighted by Gasteiger charge is -2.11. The minimum absolute atomic E-state index is 0.0389. The van der Waals surface area contributed by atoms with Gasteiger partial charge in [0.15, 0.2) is 0 Å². The molecule has 1 aromatic carbocycles. The summed E-state index contributed by atoms with van der Waals surface area (Å²) < 4.78 is 0. The first-order valence-electron chi connectivity index (χ1n) is 6.90. The van der Waals surface area contributed by atoms with Crippen molar-refractivity contribution in [1.29, 1.82) is 0 Å². The quantitative estimate of drug-likeness (QED) is 0.725. The van der Waals surface area contributed by atoms with E-state index in [1.54, 1.807) is 6.07 Å². The Balaban J connectivity index is 2.22. The van der Waals surface area contributed by atoms with Crippen LogP contribution in [0.1, 0.15) is 18.4 Å². The van der Waals surface area contributed by atoms with Crippen molar-refractivity contribution in [3.63, 3.8) is 0 Å². The van der Waals surface area contributed by atoms with Crippen molar-refractivity contribution in [1.82, 2.24) is 10.2 Å². The third-order valence-corrected chi connectivity index (χ3v) is 3.20. The maximum atomic E-state index is 11.8. The first-order chi connectivity index (χ1) is 9.49. The molecule has 0 radical (unpaired) electrons. The molecule has 20 heavy (non-hydrogen) atoms. The van der Waals surface area contributed by atoms with Crippen molar-refractivity contribution in [2.24, 2.45) is 0 Å². The van der Waals surface area contributed by atoms with Crippen LogP contribution in [-0.2, 0) is 4.79 Å². The fourth-order valence-electron chi connectivity index (χ4n) is 1.80. The molecule has 0 bridgehead atoms. The summed E-state index contributed by atoms with van der Waals surface area (Å²) in [6.07, 6.45) is 2.21. The smallest absolute Gasteiger partial charge is 0.238 e. The number of carbonyl (C=O) groups is 1. The summed E-state index contributed by atoms with van der Waals surface area (Å²) in [4.78, 5) is 14.0. The van der Waals surface area contributed by atoms with E-state index >= 15 is 0 Å². The zero-order chi connectivity index (χ0) is 15.0. The summed E-state index contributed by atoms with van der Waals surface area (Å²) >= 11 is 5.92. The lowest BCUT2D eigenvalue weighted by atomic mass is 10.2. The molecule has 1 rings (SSSR count). The van der Waals surface area contributed by atoms with Gasteiger partial charge in [0.05, 0.1) is 6.54 Å². The van der Waals surface area contributed by atoms with Gasteiger partial charge in [0, 0.05) is 10.7 Å². The van der Waals surface area contributed by atoms with Crippen LogP contribution < -0.4 is 10.6 Å². The number of anilines is 1. The van der Waals surface area contributed by atoms with Crippen molar-refractivity contribution in [2.75, 3.05) is 39.0 Å². The molecule has 0 aliphatic rings. The van der Waals surface area contributed by atoms with E-state index in [9.17, 15) is 4.79 Å². The normalized spacial score (nSPS) is 10.8. The lowest BCUT2D eigenvalue weighted by molar-refractivity contribution is -0.115. The summed E-state index contributed by atoms with van der Waals surface area (Å²) in [7, 11) is 4.13. The molecule has 0 fully saturated rings. The number of hydrogen-bond donors (Lipinski definition) is 2. The highest BCUT2D eigenvalue weighted by Crippen LogP contribution is 2.19. The highest BCUT2D eigenvalue weighted by molar-refractivity contribution is 6.31. The molecule has 0 saturated carbocycles. The largest absolute Gasteiger partial charge is 0.325 e. The van der Waals surface area contributed by atoms with Gasteiger partial charge in [-0.1, -0.05) is 17.7 Å². The van der Waals surface area contributed by atoms with E-state index in [2.05, 4.69) is 29.6 Å². The molecule has 0 spiro atoms. The zero-order valence-electron chi connectivity index (χ0n) is 12.5. The molecule has 0 atom stereocenters. The van der Waals surface area contributed by atoms with Gasteiger partial charge in [0.2, 0.25) is 5.91 Å². The number of hydrogen-bond acceptors (Lipinski definition) is 3. The fourth-order valence-corrected chi connectivity index (χ4v) is 1.98. The van der Waals surface area contributed by atoms with Crippen LogP contribution in [0.3, 0.4) is 0 Å². The van der Waals surface area contributed by atoms with E-state index < -0.39 is 0 Å². The molecule has 5 heteroatoms. The molecule has 112 valence electrons. The molecular weight excluding hydrogens is 274 g/mol. The second-order valence-electron chi connectivity index (χ2n) is 5.19. The van der Waals surface area contributed by atoms with Crippen LogP contribution in [-0.4, -0.2) is 44.5 Å². The number of aryl methyl sites for hydroxylation is 1. The Labute approximate surface area is 126 Å². The maximum Gasteiger partial charge on any atom is 0.238 e. The number of nitrogens with zero attached hydrogens (tertiary/aromatic N) is 1. The summed E-state index contributed by atoms with van der Waals surface area (Å²) in [6.45, 7) is 4.21. The molecule has 0 aromatic heterocycles. The Hall–Kier alpha value is -1.10. The second kappa shape index (κ2) is 8.95. The SMILES string of the molecule is Cc1ccc(Cl)cc1NC(=O)CNCCCCN(C)C. The van der Waals surface area contributed by atoms with Gasteiger partial charge in [-0.15, -0.1) is 0 Å². The number of benzene rings is 1. The average molecular weight is 298 g/mol. The van der Waals surface area contributed by atoms with E-state index in [-0.39, 0.29) is 5.91 Å². The first-order valence-corrected chi connectivity index (χ1v) is 7.28. The van der Waals surface area contributed by atoms with Crippen LogP contribution in [0.15, 0.2) is 18.2 Å². The lowest BCUT2D eigenvalue weighted by Crippen LogP contribution is -2.29. The van der Waals surface area contributed by atoms with Crippen molar-refractivity contribution < 1.29 is 4.79 Å². The number of rotatable bonds is 8. The molecule has 0 saturated heterocycles. The molecule has 2 N–H and O–H groups in total. The van der Waals surface area contributed by atoms with Gasteiger partial charge in [-0.25, -0.2) is 0 Å². The molecule has 1 amide bonds. The standard InChI is InChI=1S/C15H24ClN3O/c1-12-6-7-13(16)10-14(12)18-15(20)11-17-8-4-5-9-19(2)3/h6-7,10,17H,4-5,8-9,11H2,1-3H3,(H,18,20). The van der Waals surface area contributed by atoms with E-state index in [4.69, 9.17) is 11.6 Å². The molecule has 4 nitrogen and oxygen atoms in total. The van der Waals surface area contributed by atoms with Crippen molar-refractivity contribution in [3.05, 3.63) is 28.8 Å². The highest BCUT2D eigenvalue weighted by Gasteiger charge is 2.04. The summed E-state index contributed by atoms with van der Waals surface area (Å²) in [5.41, 5.74) is 1.78. The minimum Gasteiger partial charge on any atom is -0.325 e. The molecule has 1 aromatic rings. The first kappa shape index (κ1) is 17.0. The Kier molecular flexibility index (Phi) is 7.59. The van der Waals surface area contributed by atoms with Crippen LogP contribution in [0.2, 0.25) is 5.02 Å². The van der Waals surface area contributed by atoms with Crippen molar-refractivity contribution in [3.8, 4) is 0 Å². The Bertz CT molecular complexity index is 435. The maximum absolute atomic E-state index is 11.8. The molecule has 0 aliphatic carbocycles.